The molecule has 0 aromatic carbocycles. The van der Waals surface area contributed by atoms with Gasteiger partial charge in [0.15, 0.2) is 0 Å². The molecule has 114 valence electrons. The lowest BCUT2D eigenvalue weighted by molar-refractivity contribution is 0.598. The molecule has 2 N–H and O–H groups in total. The third-order valence-corrected chi connectivity index (χ3v) is 4.20. The summed E-state index contributed by atoms with van der Waals surface area (Å²) in [6.45, 7) is 7.17. The first-order chi connectivity index (χ1) is 9.43. The molecular weight excluding hydrogens is 274 g/mol. The van der Waals surface area contributed by atoms with Gasteiger partial charge in [-0.25, -0.2) is 13.4 Å². The summed E-state index contributed by atoms with van der Waals surface area (Å²) < 4.78 is 26.0. The highest BCUT2D eigenvalue weighted by Gasteiger charge is 2.09. The van der Waals surface area contributed by atoms with Crippen LogP contribution in [0.15, 0.2) is 18.3 Å². The van der Waals surface area contributed by atoms with Crippen molar-refractivity contribution < 1.29 is 8.42 Å². The predicted octanol–water partition coefficient (Wildman–Crippen LogP) is 3.08. The van der Waals surface area contributed by atoms with Crippen molar-refractivity contribution >= 4 is 21.5 Å². The first-order valence-electron chi connectivity index (χ1n) is 7.13. The van der Waals surface area contributed by atoms with E-state index in [0.29, 0.717) is 18.0 Å². The van der Waals surface area contributed by atoms with E-state index in [4.69, 9.17) is 0 Å². The standard InChI is InChI=1S/C14H25N3O2S/c1-4-5-10-20(18,19)17-13-6-7-14(16-11-13)15-9-8-12(2)3/h6-7,11-12,17H,4-5,8-10H2,1-3H3,(H,15,16). The molecule has 1 heterocycles. The molecule has 0 atom stereocenters. The number of aromatic nitrogens is 1. The third kappa shape index (κ3) is 6.75. The fourth-order valence-electron chi connectivity index (χ4n) is 1.61. The molecule has 0 unspecified atom stereocenters. The summed E-state index contributed by atoms with van der Waals surface area (Å²) in [5, 5.41) is 3.21. The molecule has 1 rings (SSSR count). The van der Waals surface area contributed by atoms with E-state index in [1.54, 1.807) is 18.3 Å². The number of rotatable bonds is 9. The Bertz CT molecular complexity index is 484. The molecule has 0 spiro atoms. The molecule has 1 aromatic rings. The molecule has 20 heavy (non-hydrogen) atoms. The van der Waals surface area contributed by atoms with Crippen LogP contribution in [-0.4, -0.2) is 25.7 Å². The van der Waals surface area contributed by atoms with Crippen LogP contribution in [0.3, 0.4) is 0 Å². The fraction of sp³-hybridized carbons (Fsp3) is 0.643. The second-order valence-corrected chi connectivity index (χ2v) is 7.16. The van der Waals surface area contributed by atoms with Gasteiger partial charge in [0.05, 0.1) is 17.6 Å². The number of pyridine rings is 1. The van der Waals surface area contributed by atoms with Gasteiger partial charge in [0, 0.05) is 6.54 Å². The van der Waals surface area contributed by atoms with Crippen LogP contribution in [0.2, 0.25) is 0 Å². The van der Waals surface area contributed by atoms with Crippen molar-refractivity contribution in [3.8, 4) is 0 Å². The van der Waals surface area contributed by atoms with Gasteiger partial charge in [0.2, 0.25) is 10.0 Å². The largest absolute Gasteiger partial charge is 0.370 e. The summed E-state index contributed by atoms with van der Waals surface area (Å²) in [7, 11) is -3.25. The Hall–Kier alpha value is -1.30. The van der Waals surface area contributed by atoms with Gasteiger partial charge >= 0.3 is 0 Å². The Balaban J connectivity index is 2.50. The summed E-state index contributed by atoms with van der Waals surface area (Å²) in [4.78, 5) is 4.20. The minimum absolute atomic E-state index is 0.151. The van der Waals surface area contributed by atoms with Gasteiger partial charge < -0.3 is 5.32 Å². The quantitative estimate of drug-likeness (QED) is 0.735. The average molecular weight is 299 g/mol. The summed E-state index contributed by atoms with van der Waals surface area (Å²) >= 11 is 0. The predicted molar refractivity (Wildman–Crippen MR) is 84.5 cm³/mol. The van der Waals surface area contributed by atoms with Crippen molar-refractivity contribution in [1.29, 1.82) is 0 Å². The van der Waals surface area contributed by atoms with Crippen molar-refractivity contribution in [2.75, 3.05) is 22.3 Å². The lowest BCUT2D eigenvalue weighted by Crippen LogP contribution is -2.16. The van der Waals surface area contributed by atoms with Crippen molar-refractivity contribution in [3.05, 3.63) is 18.3 Å². The van der Waals surface area contributed by atoms with E-state index in [0.717, 1.165) is 25.2 Å². The SMILES string of the molecule is CCCCS(=O)(=O)Nc1ccc(NCCC(C)C)nc1. The van der Waals surface area contributed by atoms with Gasteiger partial charge in [-0.1, -0.05) is 27.2 Å². The Kier molecular flexibility index (Phi) is 6.78. The molecule has 0 saturated heterocycles. The third-order valence-electron chi connectivity index (χ3n) is 2.83. The molecule has 1 aromatic heterocycles. The normalized spacial score (nSPS) is 11.6. The molecular formula is C14H25N3O2S. The van der Waals surface area contributed by atoms with E-state index in [-0.39, 0.29) is 5.75 Å². The zero-order valence-electron chi connectivity index (χ0n) is 12.5. The van der Waals surface area contributed by atoms with E-state index >= 15 is 0 Å². The zero-order valence-corrected chi connectivity index (χ0v) is 13.3. The minimum atomic E-state index is -3.25. The summed E-state index contributed by atoms with van der Waals surface area (Å²) in [6.07, 6.45) is 4.14. The number of unbranched alkanes of at least 4 members (excludes halogenated alkanes) is 1. The zero-order chi connectivity index (χ0) is 15.0. The van der Waals surface area contributed by atoms with E-state index in [2.05, 4.69) is 28.9 Å². The van der Waals surface area contributed by atoms with Crippen LogP contribution >= 0.6 is 0 Å². The Morgan fingerprint density at radius 1 is 1.30 bits per heavy atom. The highest BCUT2D eigenvalue weighted by Crippen LogP contribution is 2.12. The number of hydrogen-bond donors (Lipinski definition) is 2. The fourth-order valence-corrected chi connectivity index (χ4v) is 2.86. The maximum Gasteiger partial charge on any atom is 0.232 e. The minimum Gasteiger partial charge on any atom is -0.370 e. The van der Waals surface area contributed by atoms with Crippen molar-refractivity contribution in [3.63, 3.8) is 0 Å². The molecule has 6 heteroatoms. The highest BCUT2D eigenvalue weighted by molar-refractivity contribution is 7.92. The number of nitrogens with one attached hydrogen (secondary N) is 2. The van der Waals surface area contributed by atoms with Crippen molar-refractivity contribution in [2.45, 2.75) is 40.0 Å². The number of hydrogen-bond acceptors (Lipinski definition) is 4. The number of nitrogens with zero attached hydrogens (tertiary/aromatic N) is 1. The Morgan fingerprint density at radius 2 is 2.05 bits per heavy atom. The van der Waals surface area contributed by atoms with Gasteiger partial charge in [-0.15, -0.1) is 0 Å². The maximum atomic E-state index is 11.7. The van der Waals surface area contributed by atoms with E-state index in [1.807, 2.05) is 6.92 Å². The van der Waals surface area contributed by atoms with Crippen molar-refractivity contribution in [1.82, 2.24) is 4.98 Å². The van der Waals surface area contributed by atoms with Crippen LogP contribution in [0.25, 0.3) is 0 Å². The maximum absolute atomic E-state index is 11.7. The highest BCUT2D eigenvalue weighted by atomic mass is 32.2. The molecule has 0 fully saturated rings. The van der Waals surface area contributed by atoms with E-state index in [9.17, 15) is 8.42 Å². The van der Waals surface area contributed by atoms with E-state index < -0.39 is 10.0 Å². The van der Waals surface area contributed by atoms with E-state index in [1.165, 1.54) is 0 Å². The second-order valence-electron chi connectivity index (χ2n) is 5.32. The van der Waals surface area contributed by atoms with Crippen LogP contribution in [0.4, 0.5) is 11.5 Å². The van der Waals surface area contributed by atoms with Gasteiger partial charge in [-0.2, -0.15) is 0 Å². The lowest BCUT2D eigenvalue weighted by atomic mass is 10.1. The second kappa shape index (κ2) is 8.09. The molecule has 0 aliphatic carbocycles. The molecule has 0 radical (unpaired) electrons. The van der Waals surface area contributed by atoms with Crippen molar-refractivity contribution in [2.24, 2.45) is 5.92 Å². The summed E-state index contributed by atoms with van der Waals surface area (Å²) in [6, 6.07) is 3.52. The smallest absolute Gasteiger partial charge is 0.232 e. The molecule has 0 aliphatic heterocycles. The first kappa shape index (κ1) is 16.8. The number of sulfonamides is 1. The Morgan fingerprint density at radius 3 is 2.60 bits per heavy atom. The topological polar surface area (TPSA) is 71.1 Å². The molecule has 0 saturated carbocycles. The summed E-state index contributed by atoms with van der Waals surface area (Å²) in [5.41, 5.74) is 0.510. The lowest BCUT2D eigenvalue weighted by Gasteiger charge is -2.09. The molecule has 5 nitrogen and oxygen atoms in total. The van der Waals surface area contributed by atoms with Gasteiger partial charge in [0.25, 0.3) is 0 Å². The van der Waals surface area contributed by atoms with Gasteiger partial charge in [-0.3, -0.25) is 4.72 Å². The number of anilines is 2. The van der Waals surface area contributed by atoms with Crippen LogP contribution < -0.4 is 10.0 Å². The molecule has 0 aliphatic rings. The monoisotopic (exact) mass is 299 g/mol. The first-order valence-corrected chi connectivity index (χ1v) is 8.78. The van der Waals surface area contributed by atoms with Gasteiger partial charge in [-0.05, 0) is 30.9 Å². The van der Waals surface area contributed by atoms with Crippen LogP contribution in [0.5, 0.6) is 0 Å². The van der Waals surface area contributed by atoms with Crippen LogP contribution in [-0.2, 0) is 10.0 Å². The average Bonchev–Trinajstić information content (AvgIpc) is 2.38. The molecule has 0 bridgehead atoms. The molecule has 0 amide bonds. The van der Waals surface area contributed by atoms with Crippen LogP contribution in [0.1, 0.15) is 40.0 Å². The van der Waals surface area contributed by atoms with Crippen LogP contribution in [0, 0.1) is 5.92 Å². The summed E-state index contributed by atoms with van der Waals surface area (Å²) in [5.74, 6) is 1.56. The Labute approximate surface area is 122 Å². The van der Waals surface area contributed by atoms with Gasteiger partial charge in [0.1, 0.15) is 5.82 Å².